The lowest BCUT2D eigenvalue weighted by molar-refractivity contribution is -0.124. The fourth-order valence-corrected chi connectivity index (χ4v) is 2.87. The van der Waals surface area contributed by atoms with Crippen LogP contribution in [0.25, 0.3) is 0 Å². The summed E-state index contributed by atoms with van der Waals surface area (Å²) in [6, 6.07) is 5.56. The summed E-state index contributed by atoms with van der Waals surface area (Å²) in [5.41, 5.74) is 8.03. The van der Waals surface area contributed by atoms with E-state index in [0.29, 0.717) is 5.69 Å². The number of carbonyl (C=O) groups excluding carboxylic acids is 1. The van der Waals surface area contributed by atoms with Crippen LogP contribution in [0.2, 0.25) is 0 Å². The largest absolute Gasteiger partial charge is 0.399 e. The highest BCUT2D eigenvalue weighted by Gasteiger charge is 2.42. The highest BCUT2D eigenvalue weighted by Crippen LogP contribution is 2.42. The van der Waals surface area contributed by atoms with Gasteiger partial charge in [-0.2, -0.15) is 0 Å². The number of rotatable bonds is 0. The Morgan fingerprint density at radius 3 is 2.71 bits per heavy atom. The molecule has 0 aromatic heterocycles. The number of anilines is 3. The third-order valence-electron chi connectivity index (χ3n) is 3.95. The fourth-order valence-electron chi connectivity index (χ4n) is 2.87. The van der Waals surface area contributed by atoms with Crippen LogP contribution < -0.4 is 16.4 Å². The average molecular weight is 231 g/mol. The second kappa shape index (κ2) is 3.65. The minimum Gasteiger partial charge on any atom is -0.399 e. The van der Waals surface area contributed by atoms with Crippen molar-refractivity contribution in [2.45, 2.75) is 25.7 Å². The second-order valence-electron chi connectivity index (χ2n) is 5.10. The van der Waals surface area contributed by atoms with E-state index >= 15 is 0 Å². The maximum absolute atomic E-state index is 12.3. The van der Waals surface area contributed by atoms with Gasteiger partial charge in [0.25, 0.3) is 0 Å². The number of nitrogens with two attached hydrogens (primary N) is 1. The molecule has 1 amide bonds. The van der Waals surface area contributed by atoms with Crippen molar-refractivity contribution in [3.05, 3.63) is 18.2 Å². The number of nitrogen functional groups attached to an aromatic ring is 1. The smallest absolute Gasteiger partial charge is 0.232 e. The Hall–Kier alpha value is -1.71. The Morgan fingerprint density at radius 2 is 1.94 bits per heavy atom. The molecule has 1 aromatic rings. The van der Waals surface area contributed by atoms with Crippen molar-refractivity contribution in [1.29, 1.82) is 0 Å². The van der Waals surface area contributed by atoms with Gasteiger partial charge in [0.1, 0.15) is 0 Å². The highest BCUT2D eigenvalue weighted by atomic mass is 16.2. The van der Waals surface area contributed by atoms with Crippen LogP contribution in [0, 0.1) is 5.41 Å². The lowest BCUT2D eigenvalue weighted by Gasteiger charge is -2.24. The van der Waals surface area contributed by atoms with E-state index in [1.54, 1.807) is 0 Å². The van der Waals surface area contributed by atoms with Crippen molar-refractivity contribution in [3.63, 3.8) is 0 Å². The summed E-state index contributed by atoms with van der Waals surface area (Å²) in [5, 5.41) is 6.39. The third kappa shape index (κ3) is 1.64. The van der Waals surface area contributed by atoms with Crippen molar-refractivity contribution in [2.24, 2.45) is 5.41 Å². The zero-order valence-electron chi connectivity index (χ0n) is 9.75. The minimum absolute atomic E-state index is 0.158. The molecule has 0 radical (unpaired) electrons. The molecule has 0 saturated heterocycles. The zero-order valence-corrected chi connectivity index (χ0v) is 9.75. The Bertz CT molecular complexity index is 464. The third-order valence-corrected chi connectivity index (χ3v) is 3.95. The maximum Gasteiger partial charge on any atom is 0.232 e. The molecule has 0 atom stereocenters. The maximum atomic E-state index is 12.3. The number of benzene rings is 1. The fraction of sp³-hybridized carbons (Fsp3) is 0.462. The molecule has 1 fully saturated rings. The quantitative estimate of drug-likeness (QED) is 0.600. The molecular formula is C13H17N3O. The summed E-state index contributed by atoms with van der Waals surface area (Å²) < 4.78 is 0. The monoisotopic (exact) mass is 231 g/mol. The van der Waals surface area contributed by atoms with Crippen LogP contribution in [0.5, 0.6) is 0 Å². The van der Waals surface area contributed by atoms with E-state index in [0.717, 1.165) is 43.6 Å². The van der Waals surface area contributed by atoms with Gasteiger partial charge in [0.15, 0.2) is 0 Å². The molecule has 1 heterocycles. The summed E-state index contributed by atoms with van der Waals surface area (Å²) in [4.78, 5) is 12.3. The van der Waals surface area contributed by atoms with Crippen molar-refractivity contribution in [1.82, 2.24) is 0 Å². The number of hydrogen-bond acceptors (Lipinski definition) is 3. The first-order valence-corrected chi connectivity index (χ1v) is 6.15. The van der Waals surface area contributed by atoms with Gasteiger partial charge < -0.3 is 16.4 Å². The lowest BCUT2D eigenvalue weighted by Crippen LogP contribution is -2.37. The second-order valence-corrected chi connectivity index (χ2v) is 5.10. The molecule has 0 bridgehead atoms. The average Bonchev–Trinajstić information content (AvgIpc) is 2.74. The minimum atomic E-state index is -0.215. The van der Waals surface area contributed by atoms with E-state index in [1.807, 2.05) is 18.2 Å². The molecule has 4 N–H and O–H groups in total. The zero-order chi connectivity index (χ0) is 11.9. The SMILES string of the molecule is Nc1ccc2c(c1)NCC1(CCCC1)C(=O)N2. The van der Waals surface area contributed by atoms with E-state index < -0.39 is 0 Å². The van der Waals surface area contributed by atoms with Gasteiger partial charge >= 0.3 is 0 Å². The molecular weight excluding hydrogens is 214 g/mol. The molecule has 1 aliphatic heterocycles. The van der Waals surface area contributed by atoms with E-state index in [9.17, 15) is 4.79 Å². The first-order valence-electron chi connectivity index (χ1n) is 6.15. The molecule has 2 aliphatic rings. The molecule has 90 valence electrons. The van der Waals surface area contributed by atoms with Crippen molar-refractivity contribution in [2.75, 3.05) is 22.9 Å². The van der Waals surface area contributed by atoms with E-state index in [2.05, 4.69) is 10.6 Å². The predicted octanol–water partition coefficient (Wildman–Crippen LogP) is 2.19. The molecule has 4 heteroatoms. The van der Waals surface area contributed by atoms with Crippen LogP contribution in [-0.4, -0.2) is 12.5 Å². The summed E-state index contributed by atoms with van der Waals surface area (Å²) in [6.45, 7) is 0.718. The van der Waals surface area contributed by atoms with E-state index in [-0.39, 0.29) is 11.3 Å². The molecule has 1 saturated carbocycles. The van der Waals surface area contributed by atoms with Gasteiger partial charge in [-0.05, 0) is 31.0 Å². The predicted molar refractivity (Wildman–Crippen MR) is 68.9 cm³/mol. The number of hydrogen-bond donors (Lipinski definition) is 3. The Labute approximate surface area is 101 Å². The van der Waals surface area contributed by atoms with Gasteiger partial charge in [0.05, 0.1) is 16.8 Å². The van der Waals surface area contributed by atoms with E-state index in [1.165, 1.54) is 0 Å². The van der Waals surface area contributed by atoms with Crippen LogP contribution in [0.1, 0.15) is 25.7 Å². The number of amides is 1. The Balaban J connectivity index is 1.96. The summed E-state index contributed by atoms with van der Waals surface area (Å²) in [5.74, 6) is 0.158. The van der Waals surface area contributed by atoms with Crippen LogP contribution in [0.3, 0.4) is 0 Å². The van der Waals surface area contributed by atoms with Gasteiger partial charge in [0.2, 0.25) is 5.91 Å². The number of nitrogens with one attached hydrogen (secondary N) is 2. The first kappa shape index (κ1) is 10.4. The normalized spacial score (nSPS) is 21.5. The van der Waals surface area contributed by atoms with Gasteiger partial charge in [-0.25, -0.2) is 0 Å². The van der Waals surface area contributed by atoms with Crippen LogP contribution in [0.15, 0.2) is 18.2 Å². The molecule has 1 aliphatic carbocycles. The van der Waals surface area contributed by atoms with Crippen LogP contribution in [0.4, 0.5) is 17.1 Å². The van der Waals surface area contributed by atoms with Gasteiger partial charge in [0, 0.05) is 12.2 Å². The van der Waals surface area contributed by atoms with Gasteiger partial charge in [-0.1, -0.05) is 12.8 Å². The number of fused-ring (bicyclic) bond motifs is 1. The van der Waals surface area contributed by atoms with Gasteiger partial charge in [-0.3, -0.25) is 4.79 Å². The molecule has 1 spiro atoms. The molecule has 3 rings (SSSR count). The summed E-state index contributed by atoms with van der Waals surface area (Å²) in [7, 11) is 0. The molecule has 0 unspecified atom stereocenters. The standard InChI is InChI=1S/C13H17N3O/c14-9-3-4-10-11(7-9)15-8-13(12(17)16-10)5-1-2-6-13/h3-4,7,15H,1-2,5-6,8,14H2,(H,16,17). The van der Waals surface area contributed by atoms with Crippen LogP contribution in [-0.2, 0) is 4.79 Å². The lowest BCUT2D eigenvalue weighted by atomic mass is 9.85. The first-order chi connectivity index (χ1) is 8.20. The Kier molecular flexibility index (Phi) is 2.24. The molecule has 1 aromatic carbocycles. The van der Waals surface area contributed by atoms with Crippen molar-refractivity contribution in [3.8, 4) is 0 Å². The van der Waals surface area contributed by atoms with Crippen molar-refractivity contribution >= 4 is 23.0 Å². The molecule has 4 nitrogen and oxygen atoms in total. The van der Waals surface area contributed by atoms with Crippen molar-refractivity contribution < 1.29 is 4.79 Å². The number of carbonyl (C=O) groups is 1. The van der Waals surface area contributed by atoms with Gasteiger partial charge in [-0.15, -0.1) is 0 Å². The Morgan fingerprint density at radius 1 is 1.18 bits per heavy atom. The summed E-state index contributed by atoms with van der Waals surface area (Å²) >= 11 is 0. The topological polar surface area (TPSA) is 67.1 Å². The van der Waals surface area contributed by atoms with E-state index in [4.69, 9.17) is 5.73 Å². The molecule has 17 heavy (non-hydrogen) atoms. The summed E-state index contributed by atoms with van der Waals surface area (Å²) in [6.07, 6.45) is 4.26. The van der Waals surface area contributed by atoms with Crippen LogP contribution >= 0.6 is 0 Å². The highest BCUT2D eigenvalue weighted by molar-refractivity contribution is 6.00.